The maximum Gasteiger partial charge on any atom is 0.276 e. The monoisotopic (exact) mass is 349 g/mol. The summed E-state index contributed by atoms with van der Waals surface area (Å²) in [5.74, 6) is 1.36. The summed E-state index contributed by atoms with van der Waals surface area (Å²) < 4.78 is 7.36. The zero-order chi connectivity index (χ0) is 17.4. The summed E-state index contributed by atoms with van der Waals surface area (Å²) in [6, 6.07) is 15.5. The SMILES string of the molecule is COc1ccc(C=c2sc3nnc(-c4ccc(C)cc4)n3c2=O)cc1. The van der Waals surface area contributed by atoms with E-state index in [9.17, 15) is 4.79 Å². The van der Waals surface area contributed by atoms with Gasteiger partial charge in [-0.1, -0.05) is 53.3 Å². The molecule has 5 nitrogen and oxygen atoms in total. The van der Waals surface area contributed by atoms with Gasteiger partial charge in [-0.25, -0.2) is 4.40 Å². The summed E-state index contributed by atoms with van der Waals surface area (Å²) in [5.41, 5.74) is 2.87. The lowest BCUT2D eigenvalue weighted by atomic mass is 10.1. The average molecular weight is 349 g/mol. The van der Waals surface area contributed by atoms with Crippen molar-refractivity contribution in [1.29, 1.82) is 0 Å². The number of aromatic nitrogens is 3. The van der Waals surface area contributed by atoms with E-state index in [2.05, 4.69) is 10.2 Å². The van der Waals surface area contributed by atoms with E-state index in [0.29, 0.717) is 15.3 Å². The van der Waals surface area contributed by atoms with Crippen molar-refractivity contribution in [3.8, 4) is 17.1 Å². The maximum atomic E-state index is 12.8. The number of benzene rings is 2. The number of methoxy groups -OCH3 is 1. The molecule has 0 saturated carbocycles. The molecular formula is C19H15N3O2S. The average Bonchev–Trinajstić information content (AvgIpc) is 3.17. The minimum atomic E-state index is -0.101. The third-order valence-electron chi connectivity index (χ3n) is 3.97. The lowest BCUT2D eigenvalue weighted by molar-refractivity contribution is 0.415. The fraction of sp³-hybridized carbons (Fsp3) is 0.105. The van der Waals surface area contributed by atoms with Gasteiger partial charge >= 0.3 is 0 Å². The van der Waals surface area contributed by atoms with E-state index in [-0.39, 0.29) is 5.56 Å². The molecule has 0 amide bonds. The first-order valence-corrected chi connectivity index (χ1v) is 8.58. The summed E-state index contributed by atoms with van der Waals surface area (Å²) >= 11 is 1.34. The van der Waals surface area contributed by atoms with E-state index in [0.717, 1.165) is 22.4 Å². The Morgan fingerprint density at radius 1 is 1.04 bits per heavy atom. The summed E-state index contributed by atoms with van der Waals surface area (Å²) in [6.45, 7) is 2.02. The molecule has 0 radical (unpaired) electrons. The fourth-order valence-electron chi connectivity index (χ4n) is 2.60. The predicted molar refractivity (Wildman–Crippen MR) is 99.1 cm³/mol. The van der Waals surface area contributed by atoms with Gasteiger partial charge in [-0.2, -0.15) is 0 Å². The van der Waals surface area contributed by atoms with Crippen LogP contribution in [0.4, 0.5) is 0 Å². The van der Waals surface area contributed by atoms with E-state index < -0.39 is 0 Å². The number of thiazole rings is 1. The van der Waals surface area contributed by atoms with Crippen LogP contribution in [0.15, 0.2) is 53.3 Å². The first-order chi connectivity index (χ1) is 12.2. The van der Waals surface area contributed by atoms with E-state index in [1.807, 2.05) is 61.5 Å². The molecule has 0 fully saturated rings. The first kappa shape index (κ1) is 15.5. The van der Waals surface area contributed by atoms with Gasteiger partial charge in [0.25, 0.3) is 5.56 Å². The Morgan fingerprint density at radius 3 is 2.44 bits per heavy atom. The van der Waals surface area contributed by atoms with E-state index in [1.54, 1.807) is 11.5 Å². The van der Waals surface area contributed by atoms with Crippen LogP contribution in [0.25, 0.3) is 22.4 Å². The molecular weight excluding hydrogens is 334 g/mol. The van der Waals surface area contributed by atoms with Gasteiger partial charge in [-0.3, -0.25) is 4.79 Å². The molecule has 0 aliphatic carbocycles. The Kier molecular flexibility index (Phi) is 3.82. The molecule has 4 rings (SSSR count). The van der Waals surface area contributed by atoms with Gasteiger partial charge in [-0.05, 0) is 30.7 Å². The van der Waals surface area contributed by atoms with Gasteiger partial charge in [-0.15, -0.1) is 10.2 Å². The number of aryl methyl sites for hydroxylation is 1. The second-order valence-electron chi connectivity index (χ2n) is 5.70. The highest BCUT2D eigenvalue weighted by atomic mass is 32.1. The molecule has 25 heavy (non-hydrogen) atoms. The summed E-state index contributed by atoms with van der Waals surface area (Å²) in [5, 5.41) is 8.34. The van der Waals surface area contributed by atoms with Gasteiger partial charge in [0.1, 0.15) is 5.75 Å². The van der Waals surface area contributed by atoms with Crippen LogP contribution in [-0.2, 0) is 0 Å². The molecule has 0 bridgehead atoms. The molecule has 4 aromatic rings. The molecule has 0 atom stereocenters. The van der Waals surface area contributed by atoms with E-state index in [4.69, 9.17) is 4.74 Å². The Hall–Kier alpha value is -2.99. The van der Waals surface area contributed by atoms with Crippen LogP contribution >= 0.6 is 11.3 Å². The van der Waals surface area contributed by atoms with Gasteiger partial charge in [0.05, 0.1) is 11.6 Å². The van der Waals surface area contributed by atoms with Crippen molar-refractivity contribution in [2.24, 2.45) is 0 Å². The summed E-state index contributed by atoms with van der Waals surface area (Å²) in [7, 11) is 1.63. The van der Waals surface area contributed by atoms with Gasteiger partial charge < -0.3 is 4.74 Å². The van der Waals surface area contributed by atoms with Crippen molar-refractivity contribution < 1.29 is 4.74 Å². The second kappa shape index (κ2) is 6.14. The Labute approximate surface area is 147 Å². The lowest BCUT2D eigenvalue weighted by Crippen LogP contribution is -2.23. The predicted octanol–water partition coefficient (Wildman–Crippen LogP) is 2.68. The number of ether oxygens (including phenoxy) is 1. The molecule has 2 aromatic carbocycles. The zero-order valence-corrected chi connectivity index (χ0v) is 14.6. The number of fused-ring (bicyclic) bond motifs is 1. The van der Waals surface area contributed by atoms with Crippen LogP contribution in [0.5, 0.6) is 5.75 Å². The van der Waals surface area contributed by atoms with Crippen molar-refractivity contribution in [2.45, 2.75) is 6.92 Å². The van der Waals surface area contributed by atoms with Crippen molar-refractivity contribution in [2.75, 3.05) is 7.11 Å². The molecule has 0 saturated heterocycles. The van der Waals surface area contributed by atoms with Crippen LogP contribution in [0.3, 0.4) is 0 Å². The molecule has 124 valence electrons. The third kappa shape index (κ3) is 2.81. The van der Waals surface area contributed by atoms with Crippen molar-refractivity contribution in [3.05, 3.63) is 74.5 Å². The van der Waals surface area contributed by atoms with Gasteiger partial charge in [0.2, 0.25) is 4.96 Å². The normalized spacial score (nSPS) is 12.0. The molecule has 6 heteroatoms. The summed E-state index contributed by atoms with van der Waals surface area (Å²) in [4.78, 5) is 13.4. The van der Waals surface area contributed by atoms with Crippen molar-refractivity contribution in [3.63, 3.8) is 0 Å². The smallest absolute Gasteiger partial charge is 0.276 e. The Bertz CT molecular complexity index is 1140. The molecule has 2 aromatic heterocycles. The highest BCUT2D eigenvalue weighted by Crippen LogP contribution is 2.18. The summed E-state index contributed by atoms with van der Waals surface area (Å²) in [6.07, 6.45) is 1.86. The zero-order valence-electron chi connectivity index (χ0n) is 13.8. The minimum absolute atomic E-state index is 0.101. The number of hydrogen-bond donors (Lipinski definition) is 0. The first-order valence-electron chi connectivity index (χ1n) is 7.76. The molecule has 0 unspecified atom stereocenters. The minimum Gasteiger partial charge on any atom is -0.497 e. The van der Waals surface area contributed by atoms with Crippen LogP contribution in [0.1, 0.15) is 11.1 Å². The number of hydrogen-bond acceptors (Lipinski definition) is 5. The lowest BCUT2D eigenvalue weighted by Gasteiger charge is -1.98. The van der Waals surface area contributed by atoms with Crippen molar-refractivity contribution in [1.82, 2.24) is 14.6 Å². The van der Waals surface area contributed by atoms with Crippen LogP contribution in [0, 0.1) is 6.92 Å². The topological polar surface area (TPSA) is 56.5 Å². The quantitative estimate of drug-likeness (QED) is 0.571. The van der Waals surface area contributed by atoms with E-state index in [1.165, 1.54) is 11.3 Å². The third-order valence-corrected chi connectivity index (χ3v) is 4.93. The molecule has 0 N–H and O–H groups in total. The Morgan fingerprint density at radius 2 is 1.76 bits per heavy atom. The largest absolute Gasteiger partial charge is 0.497 e. The van der Waals surface area contributed by atoms with Crippen LogP contribution in [0.2, 0.25) is 0 Å². The van der Waals surface area contributed by atoms with E-state index >= 15 is 0 Å². The molecule has 0 aliphatic rings. The molecule has 0 aliphatic heterocycles. The highest BCUT2D eigenvalue weighted by molar-refractivity contribution is 7.15. The van der Waals surface area contributed by atoms with Gasteiger partial charge in [0.15, 0.2) is 5.82 Å². The fourth-order valence-corrected chi connectivity index (χ4v) is 3.52. The van der Waals surface area contributed by atoms with Crippen molar-refractivity contribution >= 4 is 22.4 Å². The highest BCUT2D eigenvalue weighted by Gasteiger charge is 2.13. The molecule has 2 heterocycles. The van der Waals surface area contributed by atoms with Crippen LogP contribution < -0.4 is 14.8 Å². The molecule has 0 spiro atoms. The van der Waals surface area contributed by atoms with Crippen LogP contribution in [-0.4, -0.2) is 21.7 Å². The van der Waals surface area contributed by atoms with Gasteiger partial charge in [0, 0.05) is 5.56 Å². The Balaban J connectivity index is 1.84. The number of rotatable bonds is 3. The standard InChI is InChI=1S/C19H15N3O2S/c1-12-3-7-14(8-4-12)17-20-21-19-22(17)18(23)16(25-19)11-13-5-9-15(24-2)10-6-13/h3-11H,1-2H3. The second-order valence-corrected chi connectivity index (χ2v) is 6.71. The maximum absolute atomic E-state index is 12.8. The number of nitrogens with zero attached hydrogens (tertiary/aromatic N) is 3.